The number of hydrogen-bond acceptors (Lipinski definition) is 2. The van der Waals surface area contributed by atoms with Gasteiger partial charge >= 0.3 is 0 Å². The van der Waals surface area contributed by atoms with Crippen LogP contribution in [0.5, 0.6) is 0 Å². The van der Waals surface area contributed by atoms with Gasteiger partial charge in [0, 0.05) is 17.1 Å². The van der Waals surface area contributed by atoms with Crippen LogP contribution in [0.4, 0.5) is 4.39 Å². The minimum Gasteiger partial charge on any atom is -0.434 e. The first-order valence-electron chi connectivity index (χ1n) is 4.84. The van der Waals surface area contributed by atoms with Crippen LogP contribution >= 0.6 is 0 Å². The van der Waals surface area contributed by atoms with E-state index in [9.17, 15) is 4.39 Å². The molecule has 16 heavy (non-hydrogen) atoms. The van der Waals surface area contributed by atoms with Gasteiger partial charge in [0.1, 0.15) is 5.82 Å². The molecule has 2 aromatic heterocycles. The third-order valence-corrected chi connectivity index (χ3v) is 2.43. The Morgan fingerprint density at radius 3 is 2.75 bits per heavy atom. The maximum atomic E-state index is 12.8. The van der Waals surface area contributed by atoms with Gasteiger partial charge in [0.15, 0.2) is 6.26 Å². The molecule has 0 aliphatic carbocycles. The quantitative estimate of drug-likeness (QED) is 0.617. The number of benzene rings is 1. The number of nitrogens with zero attached hydrogens (tertiary/aromatic N) is 1. The smallest absolute Gasteiger partial charge is 0.226 e. The lowest BCUT2D eigenvalue weighted by Crippen LogP contribution is -1.81. The molecule has 0 amide bonds. The molecule has 2 heterocycles. The Kier molecular flexibility index (Phi) is 1.96. The van der Waals surface area contributed by atoms with Crippen LogP contribution in [-0.4, -0.2) is 4.98 Å². The Balaban J connectivity index is 2.14. The van der Waals surface area contributed by atoms with Gasteiger partial charge in [0.05, 0.1) is 0 Å². The predicted molar refractivity (Wildman–Crippen MR) is 58.2 cm³/mol. The highest BCUT2D eigenvalue weighted by Crippen LogP contribution is 2.23. The molecular weight excluding hydrogens is 205 g/mol. The highest BCUT2D eigenvalue weighted by atomic mass is 19.1. The Labute approximate surface area is 91.3 Å². The topological polar surface area (TPSA) is 26.0 Å². The van der Waals surface area contributed by atoms with Gasteiger partial charge in [-0.3, -0.25) is 0 Å². The van der Waals surface area contributed by atoms with E-state index in [2.05, 4.69) is 11.2 Å². The number of pyridine rings is 1. The van der Waals surface area contributed by atoms with Gasteiger partial charge in [-0.05, 0) is 29.8 Å². The zero-order chi connectivity index (χ0) is 11.0. The number of furan rings is 1. The van der Waals surface area contributed by atoms with E-state index >= 15 is 0 Å². The minimum atomic E-state index is -0.241. The molecule has 0 N–H and O–H groups in total. The van der Waals surface area contributed by atoms with E-state index in [1.807, 2.05) is 6.07 Å². The molecule has 2 nitrogen and oxygen atoms in total. The van der Waals surface area contributed by atoms with Gasteiger partial charge in [-0.15, -0.1) is 0 Å². The number of aromatic nitrogens is 1. The van der Waals surface area contributed by atoms with Gasteiger partial charge in [0.25, 0.3) is 0 Å². The van der Waals surface area contributed by atoms with Crippen molar-refractivity contribution in [2.24, 2.45) is 0 Å². The number of rotatable bonds is 1. The fourth-order valence-electron chi connectivity index (χ4n) is 1.61. The predicted octanol–water partition coefficient (Wildman–Crippen LogP) is 3.43. The number of hydrogen-bond donors (Lipinski definition) is 0. The normalized spacial score (nSPS) is 10.8. The van der Waals surface area contributed by atoms with Crippen molar-refractivity contribution in [2.75, 3.05) is 0 Å². The van der Waals surface area contributed by atoms with Crippen LogP contribution in [0.2, 0.25) is 0 Å². The van der Waals surface area contributed by atoms with Crippen molar-refractivity contribution < 1.29 is 8.81 Å². The standard InChI is InChI=1S/C13H7FNO/c14-12-3-1-9(2-4-12)11-7-10-5-6-16-13(10)15-8-11/h1-5,7-8H. The van der Waals surface area contributed by atoms with Crippen molar-refractivity contribution in [2.45, 2.75) is 0 Å². The van der Waals surface area contributed by atoms with Crippen molar-refractivity contribution in [1.82, 2.24) is 4.98 Å². The summed E-state index contributed by atoms with van der Waals surface area (Å²) in [6.07, 6.45) is 4.33. The van der Waals surface area contributed by atoms with Crippen molar-refractivity contribution in [3.05, 3.63) is 54.7 Å². The molecule has 3 rings (SSSR count). The third kappa shape index (κ3) is 1.46. The molecular formula is C13H7FNO. The van der Waals surface area contributed by atoms with Crippen molar-refractivity contribution in [3.8, 4) is 11.1 Å². The summed E-state index contributed by atoms with van der Waals surface area (Å²) in [6, 6.07) is 9.98. The number of fused-ring (bicyclic) bond motifs is 1. The summed E-state index contributed by atoms with van der Waals surface area (Å²) in [5, 5.41) is 0.891. The fourth-order valence-corrected chi connectivity index (χ4v) is 1.61. The second-order valence-corrected chi connectivity index (χ2v) is 3.49. The minimum absolute atomic E-state index is 0.241. The fraction of sp³-hybridized carbons (Fsp3) is 0. The van der Waals surface area contributed by atoms with E-state index in [-0.39, 0.29) is 5.82 Å². The van der Waals surface area contributed by atoms with Crippen molar-refractivity contribution in [3.63, 3.8) is 0 Å². The van der Waals surface area contributed by atoms with Gasteiger partial charge in [0.2, 0.25) is 5.71 Å². The van der Waals surface area contributed by atoms with E-state index in [1.54, 1.807) is 24.4 Å². The summed E-state index contributed by atoms with van der Waals surface area (Å²) in [4.78, 5) is 4.15. The maximum absolute atomic E-state index is 12.8. The van der Waals surface area contributed by atoms with E-state index in [1.165, 1.54) is 12.1 Å². The molecule has 0 bridgehead atoms. The van der Waals surface area contributed by atoms with E-state index < -0.39 is 0 Å². The first-order chi connectivity index (χ1) is 7.83. The second-order valence-electron chi connectivity index (χ2n) is 3.49. The van der Waals surface area contributed by atoms with Crippen molar-refractivity contribution in [1.29, 1.82) is 0 Å². The van der Waals surface area contributed by atoms with E-state index in [0.29, 0.717) is 5.71 Å². The third-order valence-electron chi connectivity index (χ3n) is 2.43. The van der Waals surface area contributed by atoms with E-state index in [0.717, 1.165) is 16.5 Å². The van der Waals surface area contributed by atoms with Crippen LogP contribution in [0, 0.1) is 12.1 Å². The van der Waals surface area contributed by atoms with Gasteiger partial charge in [-0.25, -0.2) is 9.37 Å². The molecule has 3 aromatic rings. The summed E-state index contributed by atoms with van der Waals surface area (Å²) in [5.41, 5.74) is 2.42. The second kappa shape index (κ2) is 3.45. The highest BCUT2D eigenvalue weighted by Gasteiger charge is 2.02. The van der Waals surface area contributed by atoms with Crippen LogP contribution < -0.4 is 0 Å². The largest absolute Gasteiger partial charge is 0.434 e. The van der Waals surface area contributed by atoms with Crippen LogP contribution in [0.25, 0.3) is 22.2 Å². The number of halogens is 1. The first-order valence-corrected chi connectivity index (χ1v) is 4.84. The molecule has 0 fully saturated rings. The summed E-state index contributed by atoms with van der Waals surface area (Å²) in [6.45, 7) is 0. The molecule has 0 saturated carbocycles. The summed E-state index contributed by atoms with van der Waals surface area (Å²) in [7, 11) is 0. The molecule has 0 aliphatic heterocycles. The Morgan fingerprint density at radius 1 is 1.12 bits per heavy atom. The zero-order valence-electron chi connectivity index (χ0n) is 8.27. The molecule has 0 aliphatic rings. The summed E-state index contributed by atoms with van der Waals surface area (Å²) >= 11 is 0. The van der Waals surface area contributed by atoms with Crippen molar-refractivity contribution >= 4 is 11.1 Å². The average molecular weight is 212 g/mol. The molecule has 3 heteroatoms. The van der Waals surface area contributed by atoms with Gasteiger partial charge in [-0.1, -0.05) is 12.1 Å². The Morgan fingerprint density at radius 2 is 1.94 bits per heavy atom. The molecule has 0 atom stereocenters. The molecule has 77 valence electrons. The molecule has 0 saturated heterocycles. The van der Waals surface area contributed by atoms with Crippen LogP contribution in [0.1, 0.15) is 0 Å². The monoisotopic (exact) mass is 212 g/mol. The molecule has 0 unspecified atom stereocenters. The summed E-state index contributed by atoms with van der Waals surface area (Å²) < 4.78 is 17.8. The Bertz CT molecular complexity index is 628. The molecule has 1 radical (unpaired) electrons. The highest BCUT2D eigenvalue weighted by molar-refractivity contribution is 5.79. The maximum Gasteiger partial charge on any atom is 0.226 e. The van der Waals surface area contributed by atoms with Crippen LogP contribution in [-0.2, 0) is 0 Å². The van der Waals surface area contributed by atoms with Gasteiger partial charge < -0.3 is 4.42 Å². The summed E-state index contributed by atoms with van der Waals surface area (Å²) in [5.74, 6) is -0.241. The molecule has 0 spiro atoms. The van der Waals surface area contributed by atoms with Crippen LogP contribution in [0.15, 0.2) is 47.0 Å². The first kappa shape index (κ1) is 9.09. The zero-order valence-corrected chi connectivity index (χ0v) is 8.27. The van der Waals surface area contributed by atoms with E-state index in [4.69, 9.17) is 4.42 Å². The lowest BCUT2D eigenvalue weighted by atomic mass is 10.1. The SMILES string of the molecule is Fc1ccc(-c2cnc3o[c]cc3c2)cc1. The molecule has 1 aromatic carbocycles. The Hall–Kier alpha value is -2.16. The lowest BCUT2D eigenvalue weighted by molar-refractivity contribution is 0.594. The lowest BCUT2D eigenvalue weighted by Gasteiger charge is -2.00. The van der Waals surface area contributed by atoms with Crippen LogP contribution in [0.3, 0.4) is 0 Å². The average Bonchev–Trinajstić information content (AvgIpc) is 2.77. The van der Waals surface area contributed by atoms with Gasteiger partial charge in [-0.2, -0.15) is 0 Å².